The van der Waals surface area contributed by atoms with Gasteiger partial charge in [-0.3, -0.25) is 4.98 Å². The van der Waals surface area contributed by atoms with Crippen molar-refractivity contribution in [2.75, 3.05) is 0 Å². The van der Waals surface area contributed by atoms with E-state index in [1.54, 1.807) is 10.9 Å². The van der Waals surface area contributed by atoms with Crippen LogP contribution in [0.4, 0.5) is 0 Å². The molecule has 0 aliphatic rings. The van der Waals surface area contributed by atoms with Crippen LogP contribution in [0, 0.1) is 13.8 Å². The molecule has 90 valence electrons. The topological polar surface area (TPSA) is 39.9 Å². The van der Waals surface area contributed by atoms with Crippen LogP contribution in [-0.2, 0) is 12.9 Å². The molecule has 0 radical (unpaired) electrons. The highest BCUT2D eigenvalue weighted by molar-refractivity contribution is 6.17. The summed E-state index contributed by atoms with van der Waals surface area (Å²) in [4.78, 5) is 4.18. The summed E-state index contributed by atoms with van der Waals surface area (Å²) in [7, 11) is 1.84. The van der Waals surface area contributed by atoms with E-state index in [0.29, 0.717) is 11.8 Å². The molecule has 0 fully saturated rings. The first-order chi connectivity index (χ1) is 8.13. The summed E-state index contributed by atoms with van der Waals surface area (Å²) in [6, 6.07) is 3.72. The van der Waals surface area contributed by atoms with Crippen molar-refractivity contribution in [3.8, 4) is 11.6 Å². The second-order valence-electron chi connectivity index (χ2n) is 3.82. The Bertz CT molecular complexity index is 537. The van der Waals surface area contributed by atoms with Crippen LogP contribution in [0.2, 0.25) is 0 Å². The van der Waals surface area contributed by atoms with E-state index in [0.717, 1.165) is 22.7 Å². The normalized spacial score (nSPS) is 10.6. The van der Waals surface area contributed by atoms with E-state index in [2.05, 4.69) is 10.1 Å². The molecule has 5 heteroatoms. The molecule has 0 atom stereocenters. The van der Waals surface area contributed by atoms with Gasteiger partial charge in [-0.2, -0.15) is 5.10 Å². The van der Waals surface area contributed by atoms with Crippen LogP contribution in [0.25, 0.3) is 0 Å². The van der Waals surface area contributed by atoms with Crippen LogP contribution < -0.4 is 4.74 Å². The fourth-order valence-corrected chi connectivity index (χ4v) is 1.95. The fraction of sp³-hybridized carbons (Fsp3) is 0.333. The molecular weight excluding hydrogens is 238 g/mol. The molecule has 0 bridgehead atoms. The smallest absolute Gasteiger partial charge is 0.222 e. The van der Waals surface area contributed by atoms with Crippen molar-refractivity contribution in [2.24, 2.45) is 7.05 Å². The Morgan fingerprint density at radius 3 is 2.76 bits per heavy atom. The first-order valence-electron chi connectivity index (χ1n) is 5.31. The molecule has 0 unspecified atom stereocenters. The number of halogens is 1. The van der Waals surface area contributed by atoms with Crippen LogP contribution in [0.3, 0.4) is 0 Å². The zero-order valence-corrected chi connectivity index (χ0v) is 10.8. The summed E-state index contributed by atoms with van der Waals surface area (Å²) in [5, 5.41) is 4.29. The number of hydrogen-bond donors (Lipinski definition) is 0. The lowest BCUT2D eigenvalue weighted by molar-refractivity contribution is 0.422. The van der Waals surface area contributed by atoms with Gasteiger partial charge in [0, 0.05) is 13.2 Å². The molecule has 0 aliphatic carbocycles. The lowest BCUT2D eigenvalue weighted by Crippen LogP contribution is -1.98. The maximum Gasteiger partial charge on any atom is 0.222 e. The summed E-state index contributed by atoms with van der Waals surface area (Å²) in [6.07, 6.45) is 1.74. The third-order valence-corrected chi connectivity index (χ3v) is 2.85. The summed E-state index contributed by atoms with van der Waals surface area (Å²) < 4.78 is 7.53. The van der Waals surface area contributed by atoms with Crippen molar-refractivity contribution in [3.63, 3.8) is 0 Å². The minimum atomic E-state index is 0.383. The highest BCUT2D eigenvalue weighted by Gasteiger charge is 2.15. The predicted octanol–water partition coefficient (Wildman–Crippen LogP) is 2.96. The van der Waals surface area contributed by atoms with E-state index in [9.17, 15) is 0 Å². The molecule has 0 saturated carbocycles. The van der Waals surface area contributed by atoms with Gasteiger partial charge in [-0.25, -0.2) is 4.68 Å². The summed E-state index contributed by atoms with van der Waals surface area (Å²) in [5.41, 5.74) is 2.64. The van der Waals surface area contributed by atoms with Crippen LogP contribution in [0.15, 0.2) is 18.3 Å². The Kier molecular flexibility index (Phi) is 3.33. The number of rotatable bonds is 3. The van der Waals surface area contributed by atoms with Crippen molar-refractivity contribution in [1.82, 2.24) is 14.8 Å². The second kappa shape index (κ2) is 4.75. The average Bonchev–Trinajstić information content (AvgIpc) is 2.56. The Balaban J connectivity index is 2.40. The summed E-state index contributed by atoms with van der Waals surface area (Å²) in [6.45, 7) is 3.82. The van der Waals surface area contributed by atoms with Gasteiger partial charge in [0.1, 0.15) is 0 Å². The summed E-state index contributed by atoms with van der Waals surface area (Å²) >= 11 is 5.91. The van der Waals surface area contributed by atoms with Crippen LogP contribution in [-0.4, -0.2) is 14.8 Å². The summed E-state index contributed by atoms with van der Waals surface area (Å²) in [5.74, 6) is 1.78. The lowest BCUT2D eigenvalue weighted by Gasteiger charge is -2.09. The van der Waals surface area contributed by atoms with Gasteiger partial charge in [-0.05, 0) is 26.0 Å². The molecule has 0 saturated heterocycles. The average molecular weight is 252 g/mol. The molecule has 0 aliphatic heterocycles. The molecule has 17 heavy (non-hydrogen) atoms. The SMILES string of the molecule is Cc1ncccc1Oc1c(CCl)c(C)nn1C. The predicted molar refractivity (Wildman–Crippen MR) is 66.6 cm³/mol. The molecule has 0 N–H and O–H groups in total. The second-order valence-corrected chi connectivity index (χ2v) is 4.08. The van der Waals surface area contributed by atoms with Crippen LogP contribution in [0.1, 0.15) is 17.0 Å². The van der Waals surface area contributed by atoms with Crippen molar-refractivity contribution in [1.29, 1.82) is 0 Å². The van der Waals surface area contributed by atoms with Gasteiger partial charge in [-0.15, -0.1) is 11.6 Å². The molecular formula is C12H14ClN3O. The molecule has 0 spiro atoms. The minimum absolute atomic E-state index is 0.383. The third kappa shape index (κ3) is 2.26. The maximum absolute atomic E-state index is 5.91. The Labute approximate surface area is 105 Å². The van der Waals surface area contributed by atoms with Gasteiger partial charge in [0.25, 0.3) is 0 Å². The quantitative estimate of drug-likeness (QED) is 0.788. The van der Waals surface area contributed by atoms with Gasteiger partial charge in [0.05, 0.1) is 22.8 Å². The van der Waals surface area contributed by atoms with E-state index >= 15 is 0 Å². The Morgan fingerprint density at radius 1 is 1.35 bits per heavy atom. The molecule has 0 aromatic carbocycles. The number of aryl methyl sites for hydroxylation is 3. The van der Waals surface area contributed by atoms with E-state index in [1.165, 1.54) is 0 Å². The highest BCUT2D eigenvalue weighted by Crippen LogP contribution is 2.29. The number of pyridine rings is 1. The number of aromatic nitrogens is 3. The van der Waals surface area contributed by atoms with E-state index in [1.807, 2.05) is 33.0 Å². The third-order valence-electron chi connectivity index (χ3n) is 2.59. The zero-order valence-electron chi connectivity index (χ0n) is 10.1. The lowest BCUT2D eigenvalue weighted by atomic mass is 10.3. The number of alkyl halides is 1. The molecule has 2 aromatic rings. The molecule has 2 heterocycles. The van der Waals surface area contributed by atoms with Crippen molar-refractivity contribution in [2.45, 2.75) is 19.7 Å². The largest absolute Gasteiger partial charge is 0.437 e. The van der Waals surface area contributed by atoms with Gasteiger partial charge >= 0.3 is 0 Å². The van der Waals surface area contributed by atoms with Crippen LogP contribution >= 0.6 is 11.6 Å². The zero-order chi connectivity index (χ0) is 12.4. The van der Waals surface area contributed by atoms with Gasteiger partial charge < -0.3 is 4.74 Å². The van der Waals surface area contributed by atoms with Gasteiger partial charge in [-0.1, -0.05) is 0 Å². The van der Waals surface area contributed by atoms with E-state index in [-0.39, 0.29) is 0 Å². The number of nitrogens with zero attached hydrogens (tertiary/aromatic N) is 3. The number of ether oxygens (including phenoxy) is 1. The first kappa shape index (κ1) is 11.9. The van der Waals surface area contributed by atoms with Gasteiger partial charge in [0.2, 0.25) is 5.88 Å². The maximum atomic E-state index is 5.91. The number of hydrogen-bond acceptors (Lipinski definition) is 3. The van der Waals surface area contributed by atoms with E-state index < -0.39 is 0 Å². The van der Waals surface area contributed by atoms with Crippen molar-refractivity contribution < 1.29 is 4.74 Å². The van der Waals surface area contributed by atoms with Gasteiger partial charge in [0.15, 0.2) is 5.75 Å². The molecule has 0 amide bonds. The van der Waals surface area contributed by atoms with Crippen molar-refractivity contribution >= 4 is 11.6 Å². The fourth-order valence-electron chi connectivity index (χ4n) is 1.64. The van der Waals surface area contributed by atoms with Crippen molar-refractivity contribution in [3.05, 3.63) is 35.3 Å². The van der Waals surface area contributed by atoms with Crippen LogP contribution in [0.5, 0.6) is 11.6 Å². The molecule has 2 aromatic heterocycles. The Hall–Kier alpha value is -1.55. The standard InChI is InChI=1S/C12H14ClN3O/c1-8-10(7-13)12(16(3)15-8)17-11-5-4-6-14-9(11)2/h4-6H,7H2,1-3H3. The molecule has 4 nitrogen and oxygen atoms in total. The first-order valence-corrected chi connectivity index (χ1v) is 5.85. The highest BCUT2D eigenvalue weighted by atomic mass is 35.5. The Morgan fingerprint density at radius 2 is 2.12 bits per heavy atom. The monoisotopic (exact) mass is 251 g/mol. The minimum Gasteiger partial charge on any atom is -0.437 e. The van der Waals surface area contributed by atoms with E-state index in [4.69, 9.17) is 16.3 Å². The molecule has 2 rings (SSSR count).